The van der Waals surface area contributed by atoms with Crippen molar-refractivity contribution in [2.24, 2.45) is 5.90 Å². The lowest BCUT2D eigenvalue weighted by molar-refractivity contribution is 0.00640. The van der Waals surface area contributed by atoms with Crippen molar-refractivity contribution in [2.75, 3.05) is 26.9 Å². The van der Waals surface area contributed by atoms with E-state index in [0.717, 1.165) is 42.9 Å². The summed E-state index contributed by atoms with van der Waals surface area (Å²) in [6.45, 7) is 1.95. The first-order valence-electron chi connectivity index (χ1n) is 6.56. The first kappa shape index (κ1) is 14.1. The number of hydrogen-bond acceptors (Lipinski definition) is 5. The zero-order chi connectivity index (χ0) is 13.5. The predicted octanol–water partition coefficient (Wildman–Crippen LogP) is 1.69. The topological polar surface area (TPSA) is 62.9 Å². The van der Waals surface area contributed by atoms with E-state index in [2.05, 4.69) is 4.84 Å². The summed E-state index contributed by atoms with van der Waals surface area (Å²) in [7, 11) is 1.64. The maximum atomic E-state index is 5.98. The maximum Gasteiger partial charge on any atom is 0.161 e. The summed E-state index contributed by atoms with van der Waals surface area (Å²) >= 11 is 0. The molecule has 1 aromatic rings. The fraction of sp³-hybridized carbons (Fsp3) is 0.571. The fourth-order valence-electron chi connectivity index (χ4n) is 2.13. The molecule has 5 nitrogen and oxygen atoms in total. The summed E-state index contributed by atoms with van der Waals surface area (Å²) in [6, 6.07) is 5.87. The van der Waals surface area contributed by atoms with Gasteiger partial charge in [-0.1, -0.05) is 6.07 Å². The lowest BCUT2D eigenvalue weighted by Crippen LogP contribution is -2.28. The maximum absolute atomic E-state index is 5.98. The largest absolute Gasteiger partial charge is 0.493 e. The molecule has 106 valence electrons. The molecule has 0 bridgehead atoms. The Kier molecular flexibility index (Phi) is 5.44. The highest BCUT2D eigenvalue weighted by molar-refractivity contribution is 5.43. The number of benzene rings is 1. The summed E-state index contributed by atoms with van der Waals surface area (Å²) in [6.07, 6.45) is 2.90. The van der Waals surface area contributed by atoms with E-state index in [-0.39, 0.29) is 6.10 Å². The van der Waals surface area contributed by atoms with Gasteiger partial charge in [-0.05, 0) is 37.0 Å². The molecule has 0 radical (unpaired) electrons. The number of hydrogen-bond donors (Lipinski definition) is 1. The summed E-state index contributed by atoms with van der Waals surface area (Å²) < 4.78 is 16.7. The van der Waals surface area contributed by atoms with Gasteiger partial charge in [0.2, 0.25) is 0 Å². The molecule has 1 unspecified atom stereocenters. The van der Waals surface area contributed by atoms with Gasteiger partial charge >= 0.3 is 0 Å². The van der Waals surface area contributed by atoms with Crippen LogP contribution in [0.3, 0.4) is 0 Å². The SMILES string of the molecule is COc1ccc(CCON)cc1OC1CCCOC1. The van der Waals surface area contributed by atoms with Crippen molar-refractivity contribution in [3.63, 3.8) is 0 Å². The van der Waals surface area contributed by atoms with Gasteiger partial charge in [-0.3, -0.25) is 0 Å². The highest BCUT2D eigenvalue weighted by Gasteiger charge is 2.17. The second-order valence-electron chi connectivity index (χ2n) is 4.56. The highest BCUT2D eigenvalue weighted by Crippen LogP contribution is 2.30. The van der Waals surface area contributed by atoms with Crippen LogP contribution >= 0.6 is 0 Å². The molecule has 1 atom stereocenters. The van der Waals surface area contributed by atoms with Crippen LogP contribution in [0.15, 0.2) is 18.2 Å². The van der Waals surface area contributed by atoms with Crippen LogP contribution in [0.5, 0.6) is 11.5 Å². The third-order valence-corrected chi connectivity index (χ3v) is 3.15. The number of rotatable bonds is 6. The Labute approximate surface area is 113 Å². The van der Waals surface area contributed by atoms with Crippen LogP contribution in [0.2, 0.25) is 0 Å². The van der Waals surface area contributed by atoms with Crippen molar-refractivity contribution >= 4 is 0 Å². The molecule has 1 aliphatic heterocycles. The molecule has 1 saturated heterocycles. The minimum atomic E-state index is 0.101. The van der Waals surface area contributed by atoms with Crippen LogP contribution in [-0.4, -0.2) is 33.0 Å². The molecular weight excluding hydrogens is 246 g/mol. The van der Waals surface area contributed by atoms with Crippen molar-refractivity contribution in [2.45, 2.75) is 25.4 Å². The standard InChI is InChI=1S/C14H21NO4/c1-16-13-5-4-11(6-8-18-15)9-14(13)19-12-3-2-7-17-10-12/h4-5,9,12H,2-3,6-8,10,15H2,1H3. The average Bonchev–Trinajstić information content (AvgIpc) is 2.46. The Hall–Kier alpha value is -1.30. The van der Waals surface area contributed by atoms with E-state index >= 15 is 0 Å². The summed E-state index contributed by atoms with van der Waals surface area (Å²) in [4.78, 5) is 4.60. The Morgan fingerprint density at radius 1 is 1.37 bits per heavy atom. The predicted molar refractivity (Wildman–Crippen MR) is 71.3 cm³/mol. The lowest BCUT2D eigenvalue weighted by Gasteiger charge is -2.24. The van der Waals surface area contributed by atoms with E-state index in [1.807, 2.05) is 18.2 Å². The summed E-state index contributed by atoms with van der Waals surface area (Å²) in [5.41, 5.74) is 1.11. The highest BCUT2D eigenvalue weighted by atomic mass is 16.6. The molecule has 0 amide bonds. The van der Waals surface area contributed by atoms with Gasteiger partial charge < -0.3 is 19.0 Å². The molecule has 2 N–H and O–H groups in total. The molecule has 1 heterocycles. The van der Waals surface area contributed by atoms with Gasteiger partial charge in [0.15, 0.2) is 11.5 Å². The second kappa shape index (κ2) is 7.33. The molecule has 19 heavy (non-hydrogen) atoms. The van der Waals surface area contributed by atoms with Crippen LogP contribution in [0.4, 0.5) is 0 Å². The first-order valence-corrected chi connectivity index (χ1v) is 6.56. The Balaban J connectivity index is 2.06. The Morgan fingerprint density at radius 3 is 2.95 bits per heavy atom. The van der Waals surface area contributed by atoms with Crippen LogP contribution in [0.1, 0.15) is 18.4 Å². The fourth-order valence-corrected chi connectivity index (χ4v) is 2.13. The zero-order valence-electron chi connectivity index (χ0n) is 11.3. The van der Waals surface area contributed by atoms with E-state index in [4.69, 9.17) is 20.1 Å². The van der Waals surface area contributed by atoms with Gasteiger partial charge in [0.1, 0.15) is 6.10 Å². The van der Waals surface area contributed by atoms with Crippen LogP contribution in [0, 0.1) is 0 Å². The molecule has 0 aromatic heterocycles. The number of ether oxygens (including phenoxy) is 3. The van der Waals surface area contributed by atoms with Gasteiger partial charge in [-0.15, -0.1) is 0 Å². The third kappa shape index (κ3) is 4.09. The van der Waals surface area contributed by atoms with Crippen molar-refractivity contribution in [1.29, 1.82) is 0 Å². The molecule has 5 heteroatoms. The van der Waals surface area contributed by atoms with E-state index in [1.54, 1.807) is 7.11 Å². The molecule has 0 saturated carbocycles. The van der Waals surface area contributed by atoms with Crippen molar-refractivity contribution < 1.29 is 19.0 Å². The van der Waals surface area contributed by atoms with Gasteiger partial charge in [0, 0.05) is 6.61 Å². The van der Waals surface area contributed by atoms with Crippen molar-refractivity contribution in [3.05, 3.63) is 23.8 Å². The van der Waals surface area contributed by atoms with Crippen LogP contribution in [0.25, 0.3) is 0 Å². The molecular formula is C14H21NO4. The second-order valence-corrected chi connectivity index (χ2v) is 4.56. The quantitative estimate of drug-likeness (QED) is 0.795. The first-order chi connectivity index (χ1) is 9.33. The van der Waals surface area contributed by atoms with Crippen molar-refractivity contribution in [1.82, 2.24) is 0 Å². The van der Waals surface area contributed by atoms with Crippen molar-refractivity contribution in [3.8, 4) is 11.5 Å². The molecule has 1 aliphatic rings. The smallest absolute Gasteiger partial charge is 0.161 e. The summed E-state index contributed by atoms with van der Waals surface area (Å²) in [5, 5.41) is 0. The van der Waals surface area contributed by atoms with Gasteiger partial charge in [-0.25, -0.2) is 5.90 Å². The van der Waals surface area contributed by atoms with Crippen LogP contribution in [-0.2, 0) is 16.0 Å². The Morgan fingerprint density at radius 2 is 2.26 bits per heavy atom. The normalized spacial score (nSPS) is 19.2. The van der Waals surface area contributed by atoms with Gasteiger partial charge in [0.25, 0.3) is 0 Å². The minimum absolute atomic E-state index is 0.101. The molecule has 1 fully saturated rings. The van der Waals surface area contributed by atoms with E-state index < -0.39 is 0 Å². The van der Waals surface area contributed by atoms with E-state index in [0.29, 0.717) is 13.2 Å². The monoisotopic (exact) mass is 267 g/mol. The summed E-state index contributed by atoms with van der Waals surface area (Å²) in [5.74, 6) is 6.54. The third-order valence-electron chi connectivity index (χ3n) is 3.15. The molecule has 0 spiro atoms. The zero-order valence-corrected chi connectivity index (χ0v) is 11.3. The molecule has 2 rings (SSSR count). The van der Waals surface area contributed by atoms with Gasteiger partial charge in [0.05, 0.1) is 20.3 Å². The van der Waals surface area contributed by atoms with Crippen LogP contribution < -0.4 is 15.4 Å². The van der Waals surface area contributed by atoms with E-state index in [9.17, 15) is 0 Å². The van der Waals surface area contributed by atoms with E-state index in [1.165, 1.54) is 0 Å². The molecule has 0 aliphatic carbocycles. The number of nitrogens with two attached hydrogens (primary N) is 1. The Bertz CT molecular complexity index is 391. The average molecular weight is 267 g/mol. The lowest BCUT2D eigenvalue weighted by atomic mass is 10.1. The minimum Gasteiger partial charge on any atom is -0.493 e. The number of methoxy groups -OCH3 is 1. The van der Waals surface area contributed by atoms with Gasteiger partial charge in [-0.2, -0.15) is 0 Å². The molecule has 1 aromatic carbocycles.